The van der Waals surface area contributed by atoms with Crippen molar-refractivity contribution in [3.8, 4) is 5.75 Å². The molecule has 0 bridgehead atoms. The third-order valence-corrected chi connectivity index (χ3v) is 3.52. The number of anilines is 1. The fourth-order valence-corrected chi connectivity index (χ4v) is 1.98. The third-order valence-electron chi connectivity index (χ3n) is 3.52. The zero-order chi connectivity index (χ0) is 20.0. The fraction of sp³-hybridized carbons (Fsp3) is 0.368. The van der Waals surface area contributed by atoms with Crippen molar-refractivity contribution in [3.05, 3.63) is 41.6 Å². The number of hydrogen-bond donors (Lipinski definition) is 1. The number of carbonyl (C=O) groups excluding carboxylic acids is 3. The molecule has 0 atom stereocenters. The van der Waals surface area contributed by atoms with Crippen molar-refractivity contribution >= 4 is 23.5 Å². The van der Waals surface area contributed by atoms with E-state index in [4.69, 9.17) is 14.0 Å². The van der Waals surface area contributed by atoms with Gasteiger partial charge in [-0.05, 0) is 31.2 Å². The highest BCUT2D eigenvalue weighted by molar-refractivity contribution is 5.94. The van der Waals surface area contributed by atoms with E-state index in [1.807, 2.05) is 20.8 Å². The number of rotatable bonds is 7. The van der Waals surface area contributed by atoms with Crippen LogP contribution in [0.3, 0.4) is 0 Å². The lowest BCUT2D eigenvalue weighted by Crippen LogP contribution is -2.23. The summed E-state index contributed by atoms with van der Waals surface area (Å²) in [7, 11) is 0. The van der Waals surface area contributed by atoms with Gasteiger partial charge in [0.05, 0.1) is 5.69 Å². The molecule has 0 aliphatic rings. The Kier molecular flexibility index (Phi) is 6.33. The van der Waals surface area contributed by atoms with Crippen molar-refractivity contribution in [2.45, 2.75) is 33.1 Å². The Bertz CT molecular complexity index is 817. The summed E-state index contributed by atoms with van der Waals surface area (Å²) in [6.45, 7) is 6.52. The second kappa shape index (κ2) is 8.48. The predicted octanol–water partition coefficient (Wildman–Crippen LogP) is 2.74. The molecule has 144 valence electrons. The average Bonchev–Trinajstić information content (AvgIpc) is 3.07. The van der Waals surface area contributed by atoms with Crippen molar-refractivity contribution in [3.63, 3.8) is 0 Å². The van der Waals surface area contributed by atoms with Crippen LogP contribution in [0.5, 0.6) is 5.75 Å². The summed E-state index contributed by atoms with van der Waals surface area (Å²) in [6, 6.07) is 7.97. The van der Waals surface area contributed by atoms with Crippen molar-refractivity contribution in [2.75, 3.05) is 18.5 Å². The second-order valence-corrected chi connectivity index (χ2v) is 6.90. The van der Waals surface area contributed by atoms with Crippen molar-refractivity contribution in [1.82, 2.24) is 5.16 Å². The van der Waals surface area contributed by atoms with Crippen LogP contribution in [0.15, 0.2) is 34.9 Å². The van der Waals surface area contributed by atoms with Gasteiger partial charge >= 0.3 is 5.97 Å². The highest BCUT2D eigenvalue weighted by Crippen LogP contribution is 2.23. The molecule has 0 aliphatic heterocycles. The predicted molar refractivity (Wildman–Crippen MR) is 96.7 cm³/mol. The highest BCUT2D eigenvalue weighted by atomic mass is 16.6. The van der Waals surface area contributed by atoms with Crippen LogP contribution in [0.2, 0.25) is 0 Å². The van der Waals surface area contributed by atoms with Gasteiger partial charge in [-0.1, -0.05) is 25.9 Å². The van der Waals surface area contributed by atoms with E-state index in [1.54, 1.807) is 30.3 Å². The molecule has 1 amide bonds. The summed E-state index contributed by atoms with van der Waals surface area (Å²) in [5, 5.41) is 6.34. The Morgan fingerprint density at radius 2 is 1.78 bits per heavy atom. The van der Waals surface area contributed by atoms with Crippen LogP contribution in [0.1, 0.15) is 43.7 Å². The van der Waals surface area contributed by atoms with Crippen molar-refractivity contribution in [1.29, 1.82) is 0 Å². The molecule has 27 heavy (non-hydrogen) atoms. The monoisotopic (exact) mass is 374 g/mol. The Balaban J connectivity index is 1.74. The van der Waals surface area contributed by atoms with Gasteiger partial charge in [0.25, 0.3) is 5.91 Å². The quantitative estimate of drug-likeness (QED) is 0.586. The van der Waals surface area contributed by atoms with Gasteiger partial charge in [-0.3, -0.25) is 14.9 Å². The first kappa shape index (κ1) is 20.2. The minimum Gasteiger partial charge on any atom is -0.482 e. The van der Waals surface area contributed by atoms with E-state index in [1.165, 1.54) is 6.92 Å². The van der Waals surface area contributed by atoms with E-state index >= 15 is 0 Å². The summed E-state index contributed by atoms with van der Waals surface area (Å²) < 4.78 is 15.1. The number of aromatic nitrogens is 1. The third kappa shape index (κ3) is 6.25. The van der Waals surface area contributed by atoms with Gasteiger partial charge in [-0.15, -0.1) is 0 Å². The van der Waals surface area contributed by atoms with E-state index in [0.29, 0.717) is 17.0 Å². The molecule has 1 aromatic carbocycles. The maximum absolute atomic E-state index is 11.8. The van der Waals surface area contributed by atoms with Gasteiger partial charge < -0.3 is 14.0 Å². The smallest absolute Gasteiger partial charge is 0.344 e. The van der Waals surface area contributed by atoms with Gasteiger partial charge in [0.15, 0.2) is 19.0 Å². The Morgan fingerprint density at radius 3 is 2.33 bits per heavy atom. The fourth-order valence-electron chi connectivity index (χ4n) is 1.98. The molecule has 8 nitrogen and oxygen atoms in total. The summed E-state index contributed by atoms with van der Waals surface area (Å²) in [5.41, 5.74) is 1.03. The summed E-state index contributed by atoms with van der Waals surface area (Å²) in [6.07, 6.45) is 0. The van der Waals surface area contributed by atoms with Gasteiger partial charge in [-0.2, -0.15) is 0 Å². The minimum absolute atomic E-state index is 0.0617. The molecule has 0 fully saturated rings. The number of Topliss-reactive ketones (excluding diaryl/α,β-unsaturated/α-hetero) is 1. The molecule has 1 heterocycles. The SMILES string of the molecule is CC(=O)c1ccc(OCC(=O)OCC(=O)Nc2cc(C(C)(C)C)no2)cc1. The number of esters is 1. The standard InChI is InChI=1S/C19H22N2O6/c1-12(22)13-5-7-14(8-6-13)25-11-18(24)26-10-16(23)20-17-9-15(21-27-17)19(2,3)4/h5-9H,10-11H2,1-4H3,(H,20,23). The number of nitrogens with one attached hydrogen (secondary N) is 1. The van der Waals surface area contributed by atoms with E-state index in [-0.39, 0.29) is 23.7 Å². The first-order valence-electron chi connectivity index (χ1n) is 8.31. The number of amides is 1. The number of ether oxygens (including phenoxy) is 2. The molecular weight excluding hydrogens is 352 g/mol. The molecule has 2 rings (SSSR count). The first-order chi connectivity index (χ1) is 12.6. The van der Waals surface area contributed by atoms with E-state index in [2.05, 4.69) is 10.5 Å². The number of ketones is 1. The van der Waals surface area contributed by atoms with E-state index < -0.39 is 18.5 Å². The summed E-state index contributed by atoms with van der Waals surface area (Å²) in [5.74, 6) is -0.714. The van der Waals surface area contributed by atoms with E-state index in [9.17, 15) is 14.4 Å². The van der Waals surface area contributed by atoms with Crippen molar-refractivity contribution < 1.29 is 28.4 Å². The van der Waals surface area contributed by atoms with Crippen LogP contribution in [0.25, 0.3) is 0 Å². The van der Waals surface area contributed by atoms with Gasteiger partial charge in [-0.25, -0.2) is 4.79 Å². The molecule has 1 aromatic heterocycles. The summed E-state index contributed by atoms with van der Waals surface area (Å²) in [4.78, 5) is 34.7. The van der Waals surface area contributed by atoms with Crippen LogP contribution >= 0.6 is 0 Å². The highest BCUT2D eigenvalue weighted by Gasteiger charge is 2.20. The molecule has 2 aromatic rings. The number of carbonyl (C=O) groups is 3. The van der Waals surface area contributed by atoms with Crippen LogP contribution < -0.4 is 10.1 Å². The number of benzene rings is 1. The van der Waals surface area contributed by atoms with Gasteiger partial charge in [0.2, 0.25) is 5.88 Å². The molecule has 8 heteroatoms. The summed E-state index contributed by atoms with van der Waals surface area (Å²) >= 11 is 0. The van der Waals surface area contributed by atoms with Crippen LogP contribution in [-0.4, -0.2) is 36.0 Å². The molecule has 0 saturated carbocycles. The van der Waals surface area contributed by atoms with Crippen LogP contribution in [0.4, 0.5) is 5.88 Å². The van der Waals surface area contributed by atoms with E-state index in [0.717, 1.165) is 0 Å². The lowest BCUT2D eigenvalue weighted by Gasteiger charge is -2.12. The van der Waals surface area contributed by atoms with Gasteiger partial charge in [0, 0.05) is 17.0 Å². The zero-order valence-electron chi connectivity index (χ0n) is 15.7. The Morgan fingerprint density at radius 1 is 1.11 bits per heavy atom. The molecule has 0 spiro atoms. The lowest BCUT2D eigenvalue weighted by molar-refractivity contribution is -0.149. The minimum atomic E-state index is -0.700. The first-order valence-corrected chi connectivity index (χ1v) is 8.31. The molecule has 0 aliphatic carbocycles. The lowest BCUT2D eigenvalue weighted by atomic mass is 9.92. The Labute approximate surface area is 156 Å². The Hall–Kier alpha value is -3.16. The number of hydrogen-bond acceptors (Lipinski definition) is 7. The van der Waals surface area contributed by atoms with Crippen LogP contribution in [-0.2, 0) is 19.7 Å². The van der Waals surface area contributed by atoms with Crippen molar-refractivity contribution in [2.24, 2.45) is 0 Å². The molecule has 1 N–H and O–H groups in total. The average molecular weight is 374 g/mol. The maximum atomic E-state index is 11.8. The van der Waals surface area contributed by atoms with Crippen LogP contribution in [0, 0.1) is 0 Å². The second-order valence-electron chi connectivity index (χ2n) is 6.90. The topological polar surface area (TPSA) is 108 Å². The van der Waals surface area contributed by atoms with Gasteiger partial charge in [0.1, 0.15) is 5.75 Å². The number of nitrogens with zero attached hydrogens (tertiary/aromatic N) is 1. The normalized spacial score (nSPS) is 11.0. The zero-order valence-corrected chi connectivity index (χ0v) is 15.7. The largest absolute Gasteiger partial charge is 0.482 e. The molecule has 0 radical (unpaired) electrons. The molecule has 0 saturated heterocycles. The molecule has 0 unspecified atom stereocenters. The molecular formula is C19H22N2O6. The maximum Gasteiger partial charge on any atom is 0.344 e.